The van der Waals surface area contributed by atoms with Gasteiger partial charge in [0.1, 0.15) is 0 Å². The Balaban J connectivity index is 4.59. The third-order valence-corrected chi connectivity index (χ3v) is 3.43. The summed E-state index contributed by atoms with van der Waals surface area (Å²) in [5.74, 6) is -5.02. The van der Waals surface area contributed by atoms with Crippen LogP contribution in [0.1, 0.15) is 39.5 Å². The quantitative estimate of drug-likeness (QED) is 0.368. The normalized spacial score (nSPS) is 17.8. The van der Waals surface area contributed by atoms with E-state index >= 15 is 0 Å². The van der Waals surface area contributed by atoms with Crippen LogP contribution in [-0.2, 0) is 13.6 Å². The Kier molecular flexibility index (Phi) is 7.59. The maximum Gasteiger partial charge on any atom is 0.453 e. The van der Waals surface area contributed by atoms with Gasteiger partial charge >= 0.3 is 12.1 Å². The van der Waals surface area contributed by atoms with E-state index in [9.17, 15) is 31.4 Å². The first kappa shape index (κ1) is 19.8. The molecule has 4 nitrogen and oxygen atoms in total. The van der Waals surface area contributed by atoms with Crippen LogP contribution >= 0.6 is 7.82 Å². The van der Waals surface area contributed by atoms with E-state index < -0.39 is 32.4 Å². The molecule has 2 atom stereocenters. The number of halogens is 5. The van der Waals surface area contributed by atoms with Crippen molar-refractivity contribution < 1.29 is 40.5 Å². The van der Waals surface area contributed by atoms with E-state index in [1.807, 2.05) is 0 Å². The van der Waals surface area contributed by atoms with Crippen molar-refractivity contribution >= 4 is 7.82 Å². The smallest absolute Gasteiger partial charge is 0.453 e. The van der Waals surface area contributed by atoms with Gasteiger partial charge in [-0.3, -0.25) is 4.57 Å². The maximum atomic E-state index is 12.8. The van der Waals surface area contributed by atoms with Crippen LogP contribution < -0.4 is 4.89 Å². The van der Waals surface area contributed by atoms with Crippen molar-refractivity contribution in [3.05, 3.63) is 0 Å². The average Bonchev–Trinajstić information content (AvgIpc) is 2.26. The Bertz CT molecular complexity index is 334. The molecule has 0 aliphatic rings. The molecule has 10 heteroatoms. The summed E-state index contributed by atoms with van der Waals surface area (Å²) in [6.45, 7) is 2.80. The molecule has 0 bridgehead atoms. The van der Waals surface area contributed by atoms with E-state index in [1.165, 1.54) is 6.92 Å². The van der Waals surface area contributed by atoms with Gasteiger partial charge in [0, 0.05) is 6.42 Å². The zero-order valence-corrected chi connectivity index (χ0v) is 12.0. The van der Waals surface area contributed by atoms with Crippen molar-refractivity contribution in [3.63, 3.8) is 0 Å². The van der Waals surface area contributed by atoms with Gasteiger partial charge in [-0.15, -0.1) is 0 Å². The standard InChI is InChI=1S/C10H18F5O4P/c1-3-5-6-18-20(16,17)19-8(4-2)7-9(11,12)10(13,14)15/h8H,3-7H2,1-2H3,(H,16,17)/p-1. The molecule has 0 radical (unpaired) electrons. The first-order valence-corrected chi connectivity index (χ1v) is 7.49. The predicted molar refractivity (Wildman–Crippen MR) is 59.2 cm³/mol. The lowest BCUT2D eigenvalue weighted by atomic mass is 10.1. The molecule has 0 fully saturated rings. The van der Waals surface area contributed by atoms with E-state index in [2.05, 4.69) is 9.05 Å². The minimum Gasteiger partial charge on any atom is -0.756 e. The van der Waals surface area contributed by atoms with Gasteiger partial charge in [0.15, 0.2) is 0 Å². The Hall–Kier alpha value is -0.240. The largest absolute Gasteiger partial charge is 0.756 e. The molecule has 122 valence electrons. The number of phosphoric ester groups is 1. The van der Waals surface area contributed by atoms with Crippen LogP contribution in [0.3, 0.4) is 0 Å². The topological polar surface area (TPSA) is 58.6 Å². The molecule has 0 aliphatic heterocycles. The van der Waals surface area contributed by atoms with E-state index in [-0.39, 0.29) is 13.0 Å². The molecule has 0 saturated heterocycles. The second kappa shape index (κ2) is 7.68. The van der Waals surface area contributed by atoms with Crippen LogP contribution in [-0.4, -0.2) is 24.8 Å². The molecular formula is C10H17F5O4P-. The Morgan fingerprint density at radius 2 is 1.75 bits per heavy atom. The molecule has 0 saturated carbocycles. The summed E-state index contributed by atoms with van der Waals surface area (Å²) < 4.78 is 81.6. The fraction of sp³-hybridized carbons (Fsp3) is 1.00. The highest BCUT2D eigenvalue weighted by Crippen LogP contribution is 2.45. The van der Waals surface area contributed by atoms with E-state index in [4.69, 9.17) is 0 Å². The van der Waals surface area contributed by atoms with Crippen LogP contribution in [0.15, 0.2) is 0 Å². The molecule has 0 heterocycles. The number of phosphoric acid groups is 1. The van der Waals surface area contributed by atoms with Crippen LogP contribution in [0.4, 0.5) is 22.0 Å². The van der Waals surface area contributed by atoms with Gasteiger partial charge in [0.2, 0.25) is 0 Å². The highest BCUT2D eigenvalue weighted by atomic mass is 31.2. The highest BCUT2D eigenvalue weighted by molar-refractivity contribution is 7.45. The van der Waals surface area contributed by atoms with E-state index in [0.717, 1.165) is 0 Å². The lowest BCUT2D eigenvalue weighted by Gasteiger charge is -2.30. The number of hydrogen-bond acceptors (Lipinski definition) is 4. The van der Waals surface area contributed by atoms with Crippen LogP contribution in [0.5, 0.6) is 0 Å². The third-order valence-electron chi connectivity index (χ3n) is 2.38. The fourth-order valence-corrected chi connectivity index (χ4v) is 2.19. The van der Waals surface area contributed by atoms with Crippen molar-refractivity contribution in [1.82, 2.24) is 0 Å². The van der Waals surface area contributed by atoms with Gasteiger partial charge < -0.3 is 13.9 Å². The number of unbranched alkanes of at least 4 members (excludes halogenated alkanes) is 1. The van der Waals surface area contributed by atoms with Crippen molar-refractivity contribution in [3.8, 4) is 0 Å². The zero-order valence-electron chi connectivity index (χ0n) is 11.1. The Labute approximate surface area is 113 Å². The summed E-state index contributed by atoms with van der Waals surface area (Å²) in [5.41, 5.74) is 0. The fourth-order valence-electron chi connectivity index (χ4n) is 1.19. The summed E-state index contributed by atoms with van der Waals surface area (Å²) in [4.78, 5) is 11.3. The first-order chi connectivity index (χ1) is 8.95. The number of hydrogen-bond donors (Lipinski definition) is 0. The van der Waals surface area contributed by atoms with Gasteiger partial charge in [-0.2, -0.15) is 22.0 Å². The summed E-state index contributed by atoms with van der Waals surface area (Å²) in [7, 11) is -4.88. The summed E-state index contributed by atoms with van der Waals surface area (Å²) in [5, 5.41) is 0. The predicted octanol–water partition coefficient (Wildman–Crippen LogP) is 3.65. The Morgan fingerprint density at radius 3 is 2.15 bits per heavy atom. The van der Waals surface area contributed by atoms with Crippen molar-refractivity contribution in [2.75, 3.05) is 6.61 Å². The van der Waals surface area contributed by atoms with Crippen LogP contribution in [0, 0.1) is 0 Å². The number of rotatable bonds is 9. The Morgan fingerprint density at radius 1 is 1.20 bits per heavy atom. The van der Waals surface area contributed by atoms with Gasteiger partial charge in [0.05, 0.1) is 12.7 Å². The zero-order chi connectivity index (χ0) is 16.0. The summed E-state index contributed by atoms with van der Waals surface area (Å²) >= 11 is 0. The molecule has 0 aromatic rings. The van der Waals surface area contributed by atoms with Crippen molar-refractivity contribution in [1.29, 1.82) is 0 Å². The average molecular weight is 327 g/mol. The van der Waals surface area contributed by atoms with Crippen LogP contribution in [0.2, 0.25) is 0 Å². The second-order valence-corrected chi connectivity index (χ2v) is 5.54. The molecule has 0 aromatic carbocycles. The molecular weight excluding hydrogens is 310 g/mol. The monoisotopic (exact) mass is 327 g/mol. The molecule has 0 N–H and O–H groups in total. The molecule has 0 aromatic heterocycles. The SMILES string of the molecule is CCCCOP(=O)([O-])OC(CC)CC(F)(F)C(F)(F)F. The lowest BCUT2D eigenvalue weighted by Crippen LogP contribution is -2.40. The highest BCUT2D eigenvalue weighted by Gasteiger charge is 2.58. The molecule has 0 aliphatic carbocycles. The summed E-state index contributed by atoms with van der Waals surface area (Å²) in [6, 6.07) is 0. The van der Waals surface area contributed by atoms with Gasteiger partial charge in [0.25, 0.3) is 7.82 Å². The minimum absolute atomic E-state index is 0.205. The second-order valence-electron chi connectivity index (χ2n) is 4.18. The minimum atomic E-state index is -5.75. The molecule has 0 rings (SSSR count). The van der Waals surface area contributed by atoms with Crippen LogP contribution in [0.25, 0.3) is 0 Å². The summed E-state index contributed by atoms with van der Waals surface area (Å²) in [6.07, 6.45) is -8.61. The third kappa shape index (κ3) is 6.97. The van der Waals surface area contributed by atoms with Gasteiger partial charge in [-0.25, -0.2) is 0 Å². The van der Waals surface area contributed by atoms with Crippen molar-refractivity contribution in [2.45, 2.75) is 57.7 Å². The van der Waals surface area contributed by atoms with Gasteiger partial charge in [-0.05, 0) is 12.8 Å². The molecule has 20 heavy (non-hydrogen) atoms. The van der Waals surface area contributed by atoms with E-state index in [1.54, 1.807) is 6.92 Å². The van der Waals surface area contributed by atoms with Crippen molar-refractivity contribution in [2.24, 2.45) is 0 Å². The molecule has 0 amide bonds. The maximum absolute atomic E-state index is 12.8. The molecule has 2 unspecified atom stereocenters. The number of alkyl halides is 5. The lowest BCUT2D eigenvalue weighted by molar-refractivity contribution is -0.292. The van der Waals surface area contributed by atoms with Gasteiger partial charge in [-0.1, -0.05) is 20.3 Å². The van der Waals surface area contributed by atoms with E-state index in [0.29, 0.717) is 12.8 Å². The first-order valence-electron chi connectivity index (χ1n) is 6.03. The molecule has 0 spiro atoms.